The van der Waals surface area contributed by atoms with Crippen molar-refractivity contribution in [1.82, 2.24) is 15.3 Å². The number of aryl methyl sites for hydroxylation is 2. The van der Waals surface area contributed by atoms with Gasteiger partial charge in [0.1, 0.15) is 16.3 Å². The van der Waals surface area contributed by atoms with Crippen LogP contribution in [0.1, 0.15) is 30.7 Å². The number of carboxylic acid groups (broad SMARTS) is 1. The van der Waals surface area contributed by atoms with Crippen LogP contribution in [0.2, 0.25) is 10.0 Å². The van der Waals surface area contributed by atoms with Crippen molar-refractivity contribution < 1.29 is 14.7 Å². The van der Waals surface area contributed by atoms with Crippen molar-refractivity contribution in [1.29, 1.82) is 0 Å². The van der Waals surface area contributed by atoms with E-state index in [9.17, 15) is 14.7 Å². The second-order valence-corrected chi connectivity index (χ2v) is 10.9. The van der Waals surface area contributed by atoms with Gasteiger partial charge in [0.25, 0.3) is 5.91 Å². The van der Waals surface area contributed by atoms with Gasteiger partial charge in [0.2, 0.25) is 0 Å². The molecule has 164 valence electrons. The van der Waals surface area contributed by atoms with Crippen molar-refractivity contribution in [3.05, 3.63) is 43.3 Å². The van der Waals surface area contributed by atoms with Gasteiger partial charge in [-0.2, -0.15) is 0 Å². The number of halogens is 2. The van der Waals surface area contributed by atoms with Gasteiger partial charge in [0.15, 0.2) is 5.13 Å². The van der Waals surface area contributed by atoms with Gasteiger partial charge in [0, 0.05) is 41.5 Å². The molecule has 3 aromatic rings. The van der Waals surface area contributed by atoms with Crippen molar-refractivity contribution in [3.63, 3.8) is 0 Å². The number of anilines is 1. The summed E-state index contributed by atoms with van der Waals surface area (Å²) in [5, 5.41) is 14.0. The number of amides is 1. The number of hydrogen-bond donors (Lipinski definition) is 3. The monoisotopic (exact) mass is 504 g/mol. The Balaban J connectivity index is 0.00000245. The zero-order valence-corrected chi connectivity index (χ0v) is 19.7. The topological polar surface area (TPSA) is 98.3 Å². The Kier molecular flexibility index (Phi) is 6.44. The van der Waals surface area contributed by atoms with E-state index in [1.54, 1.807) is 6.92 Å². The first kappa shape index (κ1) is 23.7. The number of aromatic carboxylic acids is 1. The van der Waals surface area contributed by atoms with Gasteiger partial charge in [-0.05, 0) is 26.0 Å². The first-order valence-electron chi connectivity index (χ1n) is 9.65. The van der Waals surface area contributed by atoms with Gasteiger partial charge in [0.05, 0.1) is 14.9 Å². The van der Waals surface area contributed by atoms with Crippen molar-refractivity contribution in [2.45, 2.75) is 19.9 Å². The normalized spacial score (nSPS) is 21.2. The van der Waals surface area contributed by atoms with E-state index in [4.69, 9.17) is 23.2 Å². The molecule has 32 heavy (non-hydrogen) atoms. The third-order valence-corrected chi connectivity index (χ3v) is 8.89. The van der Waals surface area contributed by atoms with Crippen LogP contribution in [0.15, 0.2) is 12.1 Å². The molecule has 1 saturated heterocycles. The van der Waals surface area contributed by atoms with Gasteiger partial charge in [-0.1, -0.05) is 34.5 Å². The van der Waals surface area contributed by atoms with Crippen molar-refractivity contribution in [2.75, 3.05) is 18.0 Å². The fourth-order valence-electron chi connectivity index (χ4n) is 4.17. The Bertz CT molecular complexity index is 1210. The Morgan fingerprint density at radius 2 is 1.88 bits per heavy atom. The fraction of sp³-hybridized carbons (Fsp3) is 0.350. The molecule has 3 aromatic heterocycles. The first-order chi connectivity index (χ1) is 14.7. The standard InChI is InChI=1S/C20H18Cl2N4O3S2.Li.H/c1-7-3-4-11(30-7)15-17(19(28)29)31-20(25-15)26-5-9-10(6-26)14(9)24-18(27)16-13(22)12(21)8(2)23-16;;/h3-4,9-10,14,23H,5-6H2,1-2H3,(H,24,27)(H,28,29);;/t9-,10+,14+;;. The predicted molar refractivity (Wildman–Crippen MR) is 130 cm³/mol. The molecule has 0 bridgehead atoms. The van der Waals surface area contributed by atoms with Crippen LogP contribution in [0.25, 0.3) is 10.6 Å². The maximum atomic E-state index is 12.6. The molecule has 5 rings (SSSR count). The van der Waals surface area contributed by atoms with E-state index in [1.165, 1.54) is 22.7 Å². The Labute approximate surface area is 214 Å². The summed E-state index contributed by atoms with van der Waals surface area (Å²) < 4.78 is 0. The van der Waals surface area contributed by atoms with Gasteiger partial charge in [-0.3, -0.25) is 4.79 Å². The molecule has 3 N–H and O–H groups in total. The minimum absolute atomic E-state index is 0. The molecule has 4 heterocycles. The molecule has 0 aromatic carbocycles. The predicted octanol–water partition coefficient (Wildman–Crippen LogP) is 4.04. The molecule has 1 saturated carbocycles. The zero-order chi connectivity index (χ0) is 22.0. The van der Waals surface area contributed by atoms with E-state index in [0.29, 0.717) is 33.4 Å². The number of nitrogens with one attached hydrogen (secondary N) is 2. The number of nitrogens with zero attached hydrogens (tertiary/aromatic N) is 2. The zero-order valence-electron chi connectivity index (χ0n) is 16.5. The van der Waals surface area contributed by atoms with Crippen LogP contribution in [0.5, 0.6) is 0 Å². The van der Waals surface area contributed by atoms with Crippen LogP contribution in [0.4, 0.5) is 5.13 Å². The van der Waals surface area contributed by atoms with Gasteiger partial charge >= 0.3 is 24.8 Å². The van der Waals surface area contributed by atoms with Crippen LogP contribution in [-0.2, 0) is 0 Å². The number of H-pyrrole nitrogens is 1. The average Bonchev–Trinajstić information content (AvgIpc) is 3.26. The van der Waals surface area contributed by atoms with Gasteiger partial charge in [-0.15, -0.1) is 11.3 Å². The van der Waals surface area contributed by atoms with Crippen LogP contribution >= 0.6 is 45.9 Å². The third kappa shape index (κ3) is 4.00. The summed E-state index contributed by atoms with van der Waals surface area (Å²) in [5.41, 5.74) is 1.48. The van der Waals surface area contributed by atoms with Crippen molar-refractivity contribution in [2.24, 2.45) is 11.8 Å². The summed E-state index contributed by atoms with van der Waals surface area (Å²) in [6.45, 7) is 5.20. The van der Waals surface area contributed by atoms with Gasteiger partial charge in [-0.25, -0.2) is 9.78 Å². The number of thiazole rings is 1. The molecule has 0 radical (unpaired) electrons. The van der Waals surface area contributed by atoms with E-state index in [0.717, 1.165) is 22.8 Å². The van der Waals surface area contributed by atoms with E-state index in [2.05, 4.69) is 20.2 Å². The van der Waals surface area contributed by atoms with Crippen LogP contribution in [0, 0.1) is 25.7 Å². The Morgan fingerprint density at radius 3 is 2.41 bits per heavy atom. The molecule has 2 fully saturated rings. The summed E-state index contributed by atoms with van der Waals surface area (Å²) in [6, 6.07) is 3.95. The van der Waals surface area contributed by atoms with E-state index < -0.39 is 5.97 Å². The molecule has 0 unspecified atom stereocenters. The number of carbonyl (C=O) groups is 2. The number of aromatic nitrogens is 2. The second-order valence-electron chi connectivity index (χ2n) is 7.87. The SMILES string of the molecule is Cc1ccc(-c2nc(N3C[C@@H]4[C@H](C3)[C@H]4NC(=O)c3[nH]c(C)c(Cl)c3Cl)sc2C(=O)O)s1.[LiH]. The summed E-state index contributed by atoms with van der Waals surface area (Å²) >= 11 is 15.0. The average molecular weight is 505 g/mol. The number of hydrogen-bond acceptors (Lipinski definition) is 6. The first-order valence-corrected chi connectivity index (χ1v) is 12.0. The molecule has 12 heteroatoms. The molecule has 2 aliphatic rings. The van der Waals surface area contributed by atoms with Crippen molar-refractivity contribution >= 4 is 81.7 Å². The fourth-order valence-corrected chi connectivity index (χ4v) is 6.45. The number of aromatic amines is 1. The number of piperidine rings is 1. The quantitative estimate of drug-likeness (QED) is 0.455. The number of rotatable bonds is 5. The number of carbonyl (C=O) groups excluding carboxylic acids is 1. The van der Waals surface area contributed by atoms with Gasteiger partial charge < -0.3 is 20.3 Å². The van der Waals surface area contributed by atoms with E-state index in [-0.39, 0.29) is 46.4 Å². The Hall–Kier alpha value is -1.47. The maximum absolute atomic E-state index is 12.6. The van der Waals surface area contributed by atoms with E-state index in [1.807, 2.05) is 19.1 Å². The second kappa shape index (κ2) is 8.71. The number of thiophene rings is 1. The molecule has 1 aliphatic carbocycles. The molecular weight excluding hydrogens is 486 g/mol. The number of fused-ring (bicyclic) bond motifs is 1. The summed E-state index contributed by atoms with van der Waals surface area (Å²) in [7, 11) is 0. The third-order valence-electron chi connectivity index (χ3n) is 5.83. The van der Waals surface area contributed by atoms with Crippen LogP contribution in [-0.4, -0.2) is 64.9 Å². The minimum atomic E-state index is -0.962. The summed E-state index contributed by atoms with van der Waals surface area (Å²) in [5.74, 6) is -0.613. The molecule has 1 aliphatic heterocycles. The van der Waals surface area contributed by atoms with Crippen molar-refractivity contribution in [3.8, 4) is 10.6 Å². The number of carboxylic acids is 1. The molecule has 1 amide bonds. The molecule has 3 atom stereocenters. The van der Waals surface area contributed by atoms with Crippen LogP contribution < -0.4 is 10.2 Å². The summed E-state index contributed by atoms with van der Waals surface area (Å²) in [4.78, 5) is 36.3. The molecule has 0 spiro atoms. The molecule has 7 nitrogen and oxygen atoms in total. The summed E-state index contributed by atoms with van der Waals surface area (Å²) in [6.07, 6.45) is 0. The van der Waals surface area contributed by atoms with Crippen LogP contribution in [0.3, 0.4) is 0 Å². The van der Waals surface area contributed by atoms with E-state index >= 15 is 0 Å². The molecular formula is C20H19Cl2LiN4O3S2. The Morgan fingerprint density at radius 1 is 1.19 bits per heavy atom.